The van der Waals surface area contributed by atoms with Crippen LogP contribution in [0.2, 0.25) is 0 Å². The van der Waals surface area contributed by atoms with Crippen molar-refractivity contribution in [3.63, 3.8) is 0 Å². The van der Waals surface area contributed by atoms with Gasteiger partial charge in [0.05, 0.1) is 12.8 Å². The Bertz CT molecular complexity index is 1070. The summed E-state index contributed by atoms with van der Waals surface area (Å²) in [5.41, 5.74) is 5.38. The third-order valence-electron chi connectivity index (χ3n) is 4.59. The molecular formula is C20H17N5O. The van der Waals surface area contributed by atoms with E-state index in [1.54, 1.807) is 16.9 Å². The van der Waals surface area contributed by atoms with Crippen molar-refractivity contribution in [2.45, 2.75) is 13.0 Å². The van der Waals surface area contributed by atoms with Gasteiger partial charge in [-0.3, -0.25) is 4.98 Å². The van der Waals surface area contributed by atoms with Crippen LogP contribution < -0.4 is 10.1 Å². The molecule has 0 bridgehead atoms. The minimum absolute atomic E-state index is 0.700. The summed E-state index contributed by atoms with van der Waals surface area (Å²) in [5.74, 6) is 1.80. The number of anilines is 1. The first kappa shape index (κ1) is 14.9. The quantitative estimate of drug-likeness (QED) is 0.616. The maximum atomic E-state index is 5.60. The Kier molecular flexibility index (Phi) is 3.52. The Labute approximate surface area is 150 Å². The highest BCUT2D eigenvalue weighted by Crippen LogP contribution is 2.32. The van der Waals surface area contributed by atoms with E-state index in [-0.39, 0.29) is 0 Å². The third-order valence-corrected chi connectivity index (χ3v) is 4.59. The molecule has 1 N–H and O–H groups in total. The second-order valence-electron chi connectivity index (χ2n) is 6.27. The summed E-state index contributed by atoms with van der Waals surface area (Å²) in [6, 6.07) is 12.2. The predicted octanol–water partition coefficient (Wildman–Crippen LogP) is 3.34. The van der Waals surface area contributed by atoms with Crippen molar-refractivity contribution in [1.82, 2.24) is 19.6 Å². The molecule has 0 atom stereocenters. The van der Waals surface area contributed by atoms with E-state index in [0.717, 1.165) is 46.9 Å². The van der Waals surface area contributed by atoms with E-state index in [9.17, 15) is 0 Å². The van der Waals surface area contributed by atoms with Crippen LogP contribution in [0.5, 0.6) is 5.75 Å². The zero-order chi connectivity index (χ0) is 17.3. The summed E-state index contributed by atoms with van der Waals surface area (Å²) in [4.78, 5) is 8.80. The van der Waals surface area contributed by atoms with E-state index in [1.165, 1.54) is 5.56 Å². The van der Waals surface area contributed by atoms with Crippen LogP contribution in [0.25, 0.3) is 16.8 Å². The number of fused-ring (bicyclic) bond motifs is 2. The smallest absolute Gasteiger partial charge is 0.165 e. The molecule has 26 heavy (non-hydrogen) atoms. The van der Waals surface area contributed by atoms with Crippen LogP contribution in [0.15, 0.2) is 61.2 Å². The molecule has 3 aromatic heterocycles. The number of aromatic nitrogens is 4. The Balaban J connectivity index is 1.47. The van der Waals surface area contributed by atoms with Crippen molar-refractivity contribution in [2.75, 3.05) is 11.9 Å². The molecule has 1 aromatic carbocycles. The van der Waals surface area contributed by atoms with E-state index in [0.29, 0.717) is 6.54 Å². The minimum atomic E-state index is 0.700. The van der Waals surface area contributed by atoms with E-state index >= 15 is 0 Å². The number of hydrogen-bond acceptors (Lipinski definition) is 5. The lowest BCUT2D eigenvalue weighted by Crippen LogP contribution is -2.03. The lowest BCUT2D eigenvalue weighted by molar-refractivity contribution is 0.357. The molecule has 0 fully saturated rings. The molecule has 0 saturated heterocycles. The van der Waals surface area contributed by atoms with Crippen LogP contribution in [0, 0.1) is 0 Å². The molecule has 6 heteroatoms. The fourth-order valence-electron chi connectivity index (χ4n) is 3.22. The summed E-state index contributed by atoms with van der Waals surface area (Å²) in [6.45, 7) is 1.46. The van der Waals surface area contributed by atoms with Gasteiger partial charge < -0.3 is 10.1 Å². The topological polar surface area (TPSA) is 64.3 Å². The van der Waals surface area contributed by atoms with Crippen LogP contribution in [-0.4, -0.2) is 26.2 Å². The summed E-state index contributed by atoms with van der Waals surface area (Å²) < 4.78 is 7.40. The van der Waals surface area contributed by atoms with Gasteiger partial charge in [-0.1, -0.05) is 6.07 Å². The first-order valence-corrected chi connectivity index (χ1v) is 8.60. The monoisotopic (exact) mass is 343 g/mol. The van der Waals surface area contributed by atoms with Crippen molar-refractivity contribution < 1.29 is 4.74 Å². The normalized spacial score (nSPS) is 12.8. The largest absolute Gasteiger partial charge is 0.493 e. The first-order chi connectivity index (χ1) is 12.9. The second-order valence-corrected chi connectivity index (χ2v) is 6.27. The highest BCUT2D eigenvalue weighted by atomic mass is 16.5. The standard InChI is InChI=1S/C20H17N5O/c1-2-18-16(6-10-26-18)11-15(1)17-13-23-25-9-5-19(24-20(17)25)22-12-14-3-7-21-8-4-14/h1-5,7-9,11,13H,6,10,12H2,(H,22,24). The Hall–Kier alpha value is -3.41. The van der Waals surface area contributed by atoms with Gasteiger partial charge in [-0.2, -0.15) is 5.10 Å². The van der Waals surface area contributed by atoms with Crippen molar-refractivity contribution in [1.29, 1.82) is 0 Å². The average molecular weight is 343 g/mol. The number of nitrogens with zero attached hydrogens (tertiary/aromatic N) is 4. The highest BCUT2D eigenvalue weighted by molar-refractivity contribution is 5.78. The van der Waals surface area contributed by atoms with E-state index in [2.05, 4.69) is 27.5 Å². The van der Waals surface area contributed by atoms with Crippen molar-refractivity contribution in [3.05, 3.63) is 72.3 Å². The van der Waals surface area contributed by atoms with Crippen LogP contribution >= 0.6 is 0 Å². The predicted molar refractivity (Wildman–Crippen MR) is 99.2 cm³/mol. The highest BCUT2D eigenvalue weighted by Gasteiger charge is 2.15. The molecule has 1 aliphatic heterocycles. The number of rotatable bonds is 4. The second kappa shape index (κ2) is 6.15. The molecule has 5 rings (SSSR count). The number of pyridine rings is 1. The maximum absolute atomic E-state index is 5.60. The van der Waals surface area contributed by atoms with Gasteiger partial charge >= 0.3 is 0 Å². The molecule has 0 saturated carbocycles. The lowest BCUT2D eigenvalue weighted by atomic mass is 10.0. The Morgan fingerprint density at radius 1 is 1.12 bits per heavy atom. The van der Waals surface area contributed by atoms with Crippen molar-refractivity contribution >= 4 is 11.5 Å². The molecule has 6 nitrogen and oxygen atoms in total. The lowest BCUT2D eigenvalue weighted by Gasteiger charge is -2.07. The van der Waals surface area contributed by atoms with Gasteiger partial charge in [0.15, 0.2) is 5.65 Å². The fraction of sp³-hybridized carbons (Fsp3) is 0.150. The number of nitrogens with one attached hydrogen (secondary N) is 1. The van der Waals surface area contributed by atoms with E-state index in [1.807, 2.05) is 36.7 Å². The van der Waals surface area contributed by atoms with E-state index in [4.69, 9.17) is 9.72 Å². The zero-order valence-electron chi connectivity index (χ0n) is 14.1. The number of benzene rings is 1. The van der Waals surface area contributed by atoms with Crippen LogP contribution in [0.4, 0.5) is 5.82 Å². The first-order valence-electron chi connectivity index (χ1n) is 8.60. The number of ether oxygens (including phenoxy) is 1. The van der Waals surface area contributed by atoms with Gasteiger partial charge in [-0.15, -0.1) is 0 Å². The van der Waals surface area contributed by atoms with Crippen molar-refractivity contribution in [3.8, 4) is 16.9 Å². The van der Waals surface area contributed by atoms with Crippen LogP contribution in [0.3, 0.4) is 0 Å². The molecule has 0 unspecified atom stereocenters. The summed E-state index contributed by atoms with van der Waals surface area (Å²) >= 11 is 0. The third kappa shape index (κ3) is 2.65. The summed E-state index contributed by atoms with van der Waals surface area (Å²) in [6.07, 6.45) is 8.33. The fourth-order valence-corrected chi connectivity index (χ4v) is 3.22. The molecular weight excluding hydrogens is 326 g/mol. The van der Waals surface area contributed by atoms with Crippen LogP contribution in [0.1, 0.15) is 11.1 Å². The molecule has 0 radical (unpaired) electrons. The summed E-state index contributed by atoms with van der Waals surface area (Å²) in [7, 11) is 0. The van der Waals surface area contributed by atoms with Gasteiger partial charge in [0, 0.05) is 37.1 Å². The molecule has 4 aromatic rings. The van der Waals surface area contributed by atoms with Gasteiger partial charge in [0.2, 0.25) is 0 Å². The van der Waals surface area contributed by atoms with Gasteiger partial charge in [0.1, 0.15) is 11.6 Å². The molecule has 0 spiro atoms. The average Bonchev–Trinajstić information content (AvgIpc) is 3.33. The minimum Gasteiger partial charge on any atom is -0.493 e. The Morgan fingerprint density at radius 3 is 2.96 bits per heavy atom. The Morgan fingerprint density at radius 2 is 2.04 bits per heavy atom. The zero-order valence-corrected chi connectivity index (χ0v) is 14.1. The van der Waals surface area contributed by atoms with Gasteiger partial charge in [-0.25, -0.2) is 9.50 Å². The van der Waals surface area contributed by atoms with Crippen molar-refractivity contribution in [2.24, 2.45) is 0 Å². The SMILES string of the molecule is c1cc(CNc2ccn3ncc(-c4ccc5c(c4)CCO5)c3n2)ccn1. The van der Waals surface area contributed by atoms with Gasteiger partial charge in [0.25, 0.3) is 0 Å². The molecule has 0 amide bonds. The number of hydrogen-bond donors (Lipinski definition) is 1. The molecule has 1 aliphatic rings. The van der Waals surface area contributed by atoms with Crippen LogP contribution in [-0.2, 0) is 13.0 Å². The van der Waals surface area contributed by atoms with Gasteiger partial charge in [-0.05, 0) is 47.0 Å². The molecule has 0 aliphatic carbocycles. The molecule has 4 heterocycles. The maximum Gasteiger partial charge on any atom is 0.165 e. The van der Waals surface area contributed by atoms with E-state index < -0.39 is 0 Å². The summed E-state index contributed by atoms with van der Waals surface area (Å²) in [5, 5.41) is 7.80. The molecule has 128 valence electrons.